The first-order valence-electron chi connectivity index (χ1n) is 6.57. The van der Waals surface area contributed by atoms with Crippen molar-refractivity contribution >= 4 is 28.8 Å². The summed E-state index contributed by atoms with van der Waals surface area (Å²) in [6.45, 7) is 0. The van der Waals surface area contributed by atoms with Gasteiger partial charge in [-0.2, -0.15) is 0 Å². The van der Waals surface area contributed by atoms with Crippen molar-refractivity contribution in [2.75, 3.05) is 0 Å². The predicted molar refractivity (Wildman–Crippen MR) is 79.9 cm³/mol. The van der Waals surface area contributed by atoms with Crippen molar-refractivity contribution in [3.8, 4) is 0 Å². The summed E-state index contributed by atoms with van der Waals surface area (Å²) in [6.07, 6.45) is 1.28. The lowest BCUT2D eigenvalue weighted by molar-refractivity contribution is 0.0650. The fraction of sp³-hybridized carbons (Fsp3) is 0. The molecule has 23 heavy (non-hydrogen) atoms. The van der Waals surface area contributed by atoms with Gasteiger partial charge in [-0.15, -0.1) is 0 Å². The molecule has 1 aromatic heterocycles. The molecule has 7 nitrogen and oxygen atoms in total. The Balaban J connectivity index is 2.40. The van der Waals surface area contributed by atoms with Crippen molar-refractivity contribution in [1.82, 2.24) is 9.97 Å². The van der Waals surface area contributed by atoms with Crippen LogP contribution >= 0.6 is 0 Å². The number of fused-ring (bicyclic) bond motifs is 1. The standard InChI is InChI=1S/C16H10N2O5/c19-14(8-4-2-1-3-5-8)12-11(16(22)23)9(15(20)21)6-10-13(12)18-7-17-10/h1-7H,(H,17,18)(H,20,21)(H,22,23). The Morgan fingerprint density at radius 2 is 1.65 bits per heavy atom. The van der Waals surface area contributed by atoms with Gasteiger partial charge in [0, 0.05) is 5.56 Å². The molecule has 1 heterocycles. The normalized spacial score (nSPS) is 10.6. The minimum atomic E-state index is -1.49. The topological polar surface area (TPSA) is 120 Å². The molecule has 0 saturated carbocycles. The average molecular weight is 310 g/mol. The number of aromatic nitrogens is 2. The van der Waals surface area contributed by atoms with Crippen LogP contribution in [-0.4, -0.2) is 37.9 Å². The fourth-order valence-corrected chi connectivity index (χ4v) is 2.43. The molecule has 3 aromatic rings. The summed E-state index contributed by atoms with van der Waals surface area (Å²) < 4.78 is 0. The molecule has 7 heteroatoms. The molecule has 3 rings (SSSR count). The summed E-state index contributed by atoms with van der Waals surface area (Å²) in [5.74, 6) is -3.52. The molecule has 2 aromatic carbocycles. The maximum Gasteiger partial charge on any atom is 0.337 e. The molecule has 114 valence electrons. The minimum absolute atomic E-state index is 0.126. The van der Waals surface area contributed by atoms with Crippen LogP contribution in [0.5, 0.6) is 0 Å². The quantitative estimate of drug-likeness (QED) is 0.635. The van der Waals surface area contributed by atoms with E-state index in [1.807, 2.05) is 0 Å². The van der Waals surface area contributed by atoms with E-state index in [1.54, 1.807) is 18.2 Å². The van der Waals surface area contributed by atoms with E-state index in [9.17, 15) is 24.6 Å². The largest absolute Gasteiger partial charge is 0.478 e. The van der Waals surface area contributed by atoms with Gasteiger partial charge >= 0.3 is 11.9 Å². The summed E-state index contributed by atoms with van der Waals surface area (Å²) in [5, 5.41) is 18.7. The molecular weight excluding hydrogens is 300 g/mol. The number of carbonyl (C=O) groups excluding carboxylic acids is 1. The van der Waals surface area contributed by atoms with Crippen LogP contribution in [-0.2, 0) is 0 Å². The van der Waals surface area contributed by atoms with Crippen LogP contribution in [0.1, 0.15) is 36.6 Å². The van der Waals surface area contributed by atoms with E-state index >= 15 is 0 Å². The fourth-order valence-electron chi connectivity index (χ4n) is 2.43. The summed E-state index contributed by atoms with van der Waals surface area (Å²) in [7, 11) is 0. The Labute approximate surface area is 129 Å². The van der Waals surface area contributed by atoms with E-state index in [1.165, 1.54) is 18.5 Å². The molecule has 0 aliphatic carbocycles. The van der Waals surface area contributed by atoms with Crippen LogP contribution < -0.4 is 0 Å². The van der Waals surface area contributed by atoms with Gasteiger partial charge < -0.3 is 15.2 Å². The molecule has 0 bridgehead atoms. The maximum absolute atomic E-state index is 12.7. The molecule has 0 spiro atoms. The number of nitrogens with zero attached hydrogens (tertiary/aromatic N) is 1. The van der Waals surface area contributed by atoms with E-state index < -0.39 is 28.8 Å². The number of benzene rings is 2. The molecule has 0 fully saturated rings. The second kappa shape index (κ2) is 5.38. The number of hydrogen-bond acceptors (Lipinski definition) is 4. The van der Waals surface area contributed by atoms with Gasteiger partial charge in [-0.25, -0.2) is 14.6 Å². The Morgan fingerprint density at radius 1 is 0.957 bits per heavy atom. The highest BCUT2D eigenvalue weighted by atomic mass is 16.4. The number of carboxylic acid groups (broad SMARTS) is 2. The molecule has 0 unspecified atom stereocenters. The molecule has 0 radical (unpaired) electrons. The smallest absolute Gasteiger partial charge is 0.337 e. The van der Waals surface area contributed by atoms with Crippen molar-refractivity contribution in [2.45, 2.75) is 0 Å². The third-order valence-corrected chi connectivity index (χ3v) is 3.42. The molecule has 3 N–H and O–H groups in total. The van der Waals surface area contributed by atoms with E-state index in [4.69, 9.17) is 0 Å². The first-order valence-corrected chi connectivity index (χ1v) is 6.57. The summed E-state index contributed by atoms with van der Waals surface area (Å²) >= 11 is 0. The first-order chi connectivity index (χ1) is 11.0. The third kappa shape index (κ3) is 2.34. The van der Waals surface area contributed by atoms with E-state index in [-0.39, 0.29) is 22.2 Å². The molecule has 0 aliphatic heterocycles. The number of nitrogens with one attached hydrogen (secondary N) is 1. The number of carbonyl (C=O) groups is 3. The van der Waals surface area contributed by atoms with Crippen molar-refractivity contribution in [3.63, 3.8) is 0 Å². The van der Waals surface area contributed by atoms with Crippen LogP contribution in [0.3, 0.4) is 0 Å². The Kier molecular flexibility index (Phi) is 3.38. The van der Waals surface area contributed by atoms with Crippen molar-refractivity contribution in [1.29, 1.82) is 0 Å². The van der Waals surface area contributed by atoms with Crippen LogP contribution in [0.25, 0.3) is 11.0 Å². The molecule has 0 aliphatic rings. The van der Waals surface area contributed by atoms with Crippen molar-refractivity contribution < 1.29 is 24.6 Å². The summed E-state index contributed by atoms with van der Waals surface area (Å²) in [5.41, 5.74) is -0.603. The average Bonchev–Trinajstić information content (AvgIpc) is 3.01. The van der Waals surface area contributed by atoms with Gasteiger partial charge in [-0.05, 0) is 6.07 Å². The van der Waals surface area contributed by atoms with Gasteiger partial charge in [0.2, 0.25) is 0 Å². The van der Waals surface area contributed by atoms with E-state index in [0.717, 1.165) is 6.07 Å². The Hall–Kier alpha value is -3.48. The molecule has 0 atom stereocenters. The predicted octanol–water partition coefficient (Wildman–Crippen LogP) is 2.19. The highest BCUT2D eigenvalue weighted by Gasteiger charge is 2.28. The van der Waals surface area contributed by atoms with Crippen LogP contribution in [0.2, 0.25) is 0 Å². The van der Waals surface area contributed by atoms with E-state index in [2.05, 4.69) is 9.97 Å². The number of hydrogen-bond donors (Lipinski definition) is 3. The molecule has 0 saturated heterocycles. The maximum atomic E-state index is 12.7. The lowest BCUT2D eigenvalue weighted by Crippen LogP contribution is -2.16. The van der Waals surface area contributed by atoms with Gasteiger partial charge in [-0.3, -0.25) is 4.79 Å². The summed E-state index contributed by atoms with van der Waals surface area (Å²) in [4.78, 5) is 42.4. The third-order valence-electron chi connectivity index (χ3n) is 3.42. The van der Waals surface area contributed by atoms with Gasteiger partial charge in [0.1, 0.15) is 5.52 Å². The number of H-pyrrole nitrogens is 1. The van der Waals surface area contributed by atoms with Crippen LogP contribution in [0.4, 0.5) is 0 Å². The number of rotatable bonds is 4. The number of aromatic amines is 1. The molecular formula is C16H10N2O5. The second-order valence-corrected chi connectivity index (χ2v) is 4.78. The van der Waals surface area contributed by atoms with Gasteiger partial charge in [0.05, 0.1) is 28.5 Å². The molecule has 0 amide bonds. The Morgan fingerprint density at radius 3 is 2.26 bits per heavy atom. The zero-order chi connectivity index (χ0) is 16.6. The SMILES string of the molecule is O=C(O)c1cc2[nH]cnc2c(C(=O)c2ccccc2)c1C(=O)O. The minimum Gasteiger partial charge on any atom is -0.478 e. The van der Waals surface area contributed by atoms with Gasteiger partial charge in [0.15, 0.2) is 5.78 Å². The number of aromatic carboxylic acids is 2. The van der Waals surface area contributed by atoms with Crippen LogP contribution in [0.15, 0.2) is 42.7 Å². The number of imidazole rings is 1. The zero-order valence-electron chi connectivity index (χ0n) is 11.6. The van der Waals surface area contributed by atoms with E-state index in [0.29, 0.717) is 0 Å². The van der Waals surface area contributed by atoms with Gasteiger partial charge in [-0.1, -0.05) is 30.3 Å². The van der Waals surface area contributed by atoms with Gasteiger partial charge in [0.25, 0.3) is 0 Å². The van der Waals surface area contributed by atoms with Crippen molar-refractivity contribution in [2.24, 2.45) is 0 Å². The second-order valence-electron chi connectivity index (χ2n) is 4.78. The monoisotopic (exact) mass is 310 g/mol. The lowest BCUT2D eigenvalue weighted by atomic mass is 9.93. The zero-order valence-corrected chi connectivity index (χ0v) is 11.6. The highest BCUT2D eigenvalue weighted by Crippen LogP contribution is 2.26. The lowest BCUT2D eigenvalue weighted by Gasteiger charge is -2.10. The Bertz CT molecular complexity index is 944. The van der Waals surface area contributed by atoms with Crippen LogP contribution in [0, 0.1) is 0 Å². The highest BCUT2D eigenvalue weighted by molar-refractivity contribution is 6.22. The number of ketones is 1. The first kappa shape index (κ1) is 14.5. The van der Waals surface area contributed by atoms with Crippen molar-refractivity contribution in [3.05, 3.63) is 65.0 Å². The number of carboxylic acids is 2. The summed E-state index contributed by atoms with van der Waals surface area (Å²) in [6, 6.07) is 9.20.